The second kappa shape index (κ2) is 21.4. The van der Waals surface area contributed by atoms with E-state index in [1.807, 2.05) is 0 Å². The molecule has 1 heteroatoms. The van der Waals surface area contributed by atoms with Crippen molar-refractivity contribution in [3.05, 3.63) is 12.2 Å². The van der Waals surface area contributed by atoms with E-state index in [0.29, 0.717) is 0 Å². The van der Waals surface area contributed by atoms with E-state index in [9.17, 15) is 4.79 Å². The molecular weight excluding hydrogens is 280 g/mol. The Kier molecular flexibility index (Phi) is 20.9. The second-order valence-electron chi connectivity index (χ2n) is 6.95. The van der Waals surface area contributed by atoms with E-state index in [4.69, 9.17) is 0 Å². The zero-order valence-electron chi connectivity index (χ0n) is 15.9. The Morgan fingerprint density at radius 1 is 0.478 bits per heavy atom. The number of carbonyl (C=O) groups is 1. The Labute approximate surface area is 146 Å². The lowest BCUT2D eigenvalue weighted by atomic mass is 10.0. The van der Waals surface area contributed by atoms with E-state index in [2.05, 4.69) is 19.1 Å². The highest BCUT2D eigenvalue weighted by atomic mass is 16.1. The van der Waals surface area contributed by atoms with Crippen LogP contribution in [-0.2, 0) is 4.79 Å². The van der Waals surface area contributed by atoms with Crippen molar-refractivity contribution in [2.45, 2.75) is 122 Å². The van der Waals surface area contributed by atoms with Gasteiger partial charge in [-0.05, 0) is 25.7 Å². The van der Waals surface area contributed by atoms with Gasteiger partial charge < -0.3 is 4.79 Å². The van der Waals surface area contributed by atoms with E-state index < -0.39 is 0 Å². The van der Waals surface area contributed by atoms with Gasteiger partial charge in [0.1, 0.15) is 6.29 Å². The molecule has 0 aromatic carbocycles. The van der Waals surface area contributed by atoms with Crippen LogP contribution in [0.3, 0.4) is 0 Å². The van der Waals surface area contributed by atoms with Crippen LogP contribution < -0.4 is 0 Å². The number of hydrogen-bond donors (Lipinski definition) is 0. The van der Waals surface area contributed by atoms with Crippen LogP contribution in [0.4, 0.5) is 0 Å². The van der Waals surface area contributed by atoms with Gasteiger partial charge in [-0.15, -0.1) is 0 Å². The van der Waals surface area contributed by atoms with Crippen LogP contribution in [0.1, 0.15) is 122 Å². The topological polar surface area (TPSA) is 17.1 Å². The summed E-state index contributed by atoms with van der Waals surface area (Å²) in [7, 11) is 0. The predicted molar refractivity (Wildman–Crippen MR) is 104 cm³/mol. The Morgan fingerprint density at radius 2 is 0.826 bits per heavy atom. The minimum atomic E-state index is 0.759. The molecule has 1 nitrogen and oxygen atoms in total. The smallest absolute Gasteiger partial charge is 0.119 e. The molecule has 0 unspecified atom stereocenters. The molecule has 0 rings (SSSR count). The second-order valence-corrected chi connectivity index (χ2v) is 6.95. The van der Waals surface area contributed by atoms with E-state index >= 15 is 0 Å². The number of unbranched alkanes of at least 4 members (excludes halogenated alkanes) is 16. The average Bonchev–Trinajstić information content (AvgIpc) is 2.57. The first-order valence-corrected chi connectivity index (χ1v) is 10.5. The molecule has 0 atom stereocenters. The largest absolute Gasteiger partial charge is 0.303 e. The Hall–Kier alpha value is -0.590. The van der Waals surface area contributed by atoms with Crippen LogP contribution in [-0.4, -0.2) is 6.29 Å². The van der Waals surface area contributed by atoms with Crippen molar-refractivity contribution >= 4 is 6.29 Å². The summed E-state index contributed by atoms with van der Waals surface area (Å²) >= 11 is 0. The summed E-state index contributed by atoms with van der Waals surface area (Å²) in [6.45, 7) is 2.26. The molecule has 0 spiro atoms. The molecule has 136 valence electrons. The van der Waals surface area contributed by atoms with Gasteiger partial charge in [-0.2, -0.15) is 0 Å². The number of carbonyl (C=O) groups excluding carboxylic acids is 1. The van der Waals surface area contributed by atoms with Crippen molar-refractivity contribution < 1.29 is 4.79 Å². The van der Waals surface area contributed by atoms with Crippen LogP contribution in [0.5, 0.6) is 0 Å². The standard InChI is InChI=1S/C22H42O/c1-2-3-4-5-6-7-8-9-10-11-12-13-14-15-16-17-18-19-20-21-22-23/h5-6,22H,2-4,7-21H2,1H3/b6-5+. The van der Waals surface area contributed by atoms with Gasteiger partial charge in [-0.1, -0.05) is 103 Å². The summed E-state index contributed by atoms with van der Waals surface area (Å²) in [5.74, 6) is 0. The van der Waals surface area contributed by atoms with Gasteiger partial charge in [0.2, 0.25) is 0 Å². The Morgan fingerprint density at radius 3 is 1.22 bits per heavy atom. The fraction of sp³-hybridized carbons (Fsp3) is 0.864. The van der Waals surface area contributed by atoms with Crippen molar-refractivity contribution in [2.24, 2.45) is 0 Å². The zero-order chi connectivity index (χ0) is 16.8. The summed E-state index contributed by atoms with van der Waals surface area (Å²) in [4.78, 5) is 10.2. The highest BCUT2D eigenvalue weighted by Gasteiger charge is 1.94. The van der Waals surface area contributed by atoms with Crippen molar-refractivity contribution in [2.75, 3.05) is 0 Å². The van der Waals surface area contributed by atoms with Gasteiger partial charge in [0.05, 0.1) is 0 Å². The molecule has 0 amide bonds. The van der Waals surface area contributed by atoms with Gasteiger partial charge in [0, 0.05) is 6.42 Å². The first-order chi connectivity index (χ1) is 11.4. The van der Waals surface area contributed by atoms with Crippen molar-refractivity contribution in [3.8, 4) is 0 Å². The summed E-state index contributed by atoms with van der Waals surface area (Å²) in [5.41, 5.74) is 0. The third-order valence-corrected chi connectivity index (χ3v) is 4.58. The van der Waals surface area contributed by atoms with Crippen LogP contribution in [0.2, 0.25) is 0 Å². The molecule has 0 saturated carbocycles. The van der Waals surface area contributed by atoms with Gasteiger partial charge in [0.25, 0.3) is 0 Å². The summed E-state index contributed by atoms with van der Waals surface area (Å²) in [6, 6.07) is 0. The van der Waals surface area contributed by atoms with Gasteiger partial charge in [-0.3, -0.25) is 0 Å². The van der Waals surface area contributed by atoms with Gasteiger partial charge >= 0.3 is 0 Å². The predicted octanol–water partition coefficient (Wildman–Crippen LogP) is 7.78. The lowest BCUT2D eigenvalue weighted by Gasteiger charge is -2.02. The highest BCUT2D eigenvalue weighted by Crippen LogP contribution is 2.13. The molecule has 23 heavy (non-hydrogen) atoms. The van der Waals surface area contributed by atoms with Crippen LogP contribution in [0.25, 0.3) is 0 Å². The monoisotopic (exact) mass is 322 g/mol. The average molecular weight is 323 g/mol. The molecule has 0 fully saturated rings. The molecule has 0 heterocycles. The quantitative estimate of drug-likeness (QED) is 0.135. The maximum atomic E-state index is 10.2. The lowest BCUT2D eigenvalue weighted by Crippen LogP contribution is -1.83. The molecule has 0 aliphatic carbocycles. The highest BCUT2D eigenvalue weighted by molar-refractivity contribution is 5.48. The minimum absolute atomic E-state index is 0.759. The minimum Gasteiger partial charge on any atom is -0.303 e. The third-order valence-electron chi connectivity index (χ3n) is 4.58. The van der Waals surface area contributed by atoms with E-state index in [1.54, 1.807) is 0 Å². The van der Waals surface area contributed by atoms with Crippen molar-refractivity contribution in [1.82, 2.24) is 0 Å². The summed E-state index contributed by atoms with van der Waals surface area (Å²) < 4.78 is 0. The molecule has 0 aromatic rings. The SMILES string of the molecule is CCCC/C=C/CCCCCCCCCCCCCCCC=O. The molecule has 0 saturated heterocycles. The number of aldehydes is 1. The molecule has 0 aliphatic heterocycles. The van der Waals surface area contributed by atoms with Crippen LogP contribution in [0.15, 0.2) is 12.2 Å². The van der Waals surface area contributed by atoms with E-state index in [1.165, 1.54) is 103 Å². The number of rotatable bonds is 19. The van der Waals surface area contributed by atoms with Gasteiger partial charge in [0.15, 0.2) is 0 Å². The fourth-order valence-electron chi connectivity index (χ4n) is 2.99. The third kappa shape index (κ3) is 21.4. The van der Waals surface area contributed by atoms with Gasteiger partial charge in [-0.25, -0.2) is 0 Å². The van der Waals surface area contributed by atoms with Crippen LogP contribution in [0, 0.1) is 0 Å². The lowest BCUT2D eigenvalue weighted by molar-refractivity contribution is -0.107. The molecule has 0 radical (unpaired) electrons. The van der Waals surface area contributed by atoms with Crippen LogP contribution >= 0.6 is 0 Å². The van der Waals surface area contributed by atoms with Crippen molar-refractivity contribution in [1.29, 1.82) is 0 Å². The first kappa shape index (κ1) is 22.4. The molecular formula is C22H42O. The number of hydrogen-bond acceptors (Lipinski definition) is 1. The van der Waals surface area contributed by atoms with E-state index in [0.717, 1.165) is 19.1 Å². The number of allylic oxidation sites excluding steroid dienone is 2. The summed E-state index contributed by atoms with van der Waals surface area (Å²) in [6.07, 6.45) is 29.6. The normalized spacial score (nSPS) is 11.3. The van der Waals surface area contributed by atoms with Crippen molar-refractivity contribution in [3.63, 3.8) is 0 Å². The first-order valence-electron chi connectivity index (χ1n) is 10.5. The maximum Gasteiger partial charge on any atom is 0.119 e. The molecule has 0 bridgehead atoms. The maximum absolute atomic E-state index is 10.2. The molecule has 0 N–H and O–H groups in total. The zero-order valence-corrected chi connectivity index (χ0v) is 15.9. The summed E-state index contributed by atoms with van der Waals surface area (Å²) in [5, 5.41) is 0. The Balaban J connectivity index is 3.00. The Bertz CT molecular complexity index is 244. The molecule has 0 aliphatic rings. The fourth-order valence-corrected chi connectivity index (χ4v) is 2.99. The molecule has 0 aromatic heterocycles. The van der Waals surface area contributed by atoms with E-state index in [-0.39, 0.29) is 0 Å².